The van der Waals surface area contributed by atoms with Gasteiger partial charge in [0.05, 0.1) is 31.3 Å². The van der Waals surface area contributed by atoms with E-state index in [1.165, 1.54) is 0 Å². The van der Waals surface area contributed by atoms with Crippen molar-refractivity contribution >= 4 is 16.3 Å². The Balaban J connectivity index is 2.28. The summed E-state index contributed by atoms with van der Waals surface area (Å²) in [5.74, 6) is 0.815. The van der Waals surface area contributed by atoms with Crippen LogP contribution in [0.15, 0.2) is 35.8 Å². The fourth-order valence-corrected chi connectivity index (χ4v) is 2.91. The average molecular weight is 260 g/mol. The first kappa shape index (κ1) is 11.3. The molecule has 0 atom stereocenters. The van der Waals surface area contributed by atoms with Crippen molar-refractivity contribution < 1.29 is 9.84 Å². The van der Waals surface area contributed by atoms with Crippen molar-refractivity contribution in [3.63, 3.8) is 0 Å². The molecule has 4 nitrogen and oxygen atoms in total. The van der Waals surface area contributed by atoms with Crippen molar-refractivity contribution in [2.75, 3.05) is 7.11 Å². The molecular weight excluding hydrogens is 248 g/mol. The molecule has 0 bridgehead atoms. The van der Waals surface area contributed by atoms with Gasteiger partial charge in [-0.05, 0) is 12.1 Å². The number of imidazole rings is 1. The molecule has 1 N–H and O–H groups in total. The molecule has 1 aromatic carbocycles. The molecule has 0 aliphatic carbocycles. The molecule has 0 aliphatic rings. The van der Waals surface area contributed by atoms with E-state index in [9.17, 15) is 5.11 Å². The number of aromatic nitrogens is 2. The van der Waals surface area contributed by atoms with Gasteiger partial charge < -0.3 is 9.84 Å². The van der Waals surface area contributed by atoms with E-state index in [2.05, 4.69) is 4.98 Å². The van der Waals surface area contributed by atoms with Crippen LogP contribution in [0.2, 0.25) is 0 Å². The Morgan fingerprint density at radius 3 is 3.00 bits per heavy atom. The summed E-state index contributed by atoms with van der Waals surface area (Å²) in [7, 11) is 1.66. The van der Waals surface area contributed by atoms with Crippen molar-refractivity contribution in [1.29, 1.82) is 0 Å². The SMILES string of the molecule is COc1ccccc1-c1csc2ncc(CO)n12. The number of hydrogen-bond acceptors (Lipinski definition) is 4. The molecule has 0 aliphatic heterocycles. The second kappa shape index (κ2) is 4.44. The number of aliphatic hydroxyl groups excluding tert-OH is 1. The van der Waals surface area contributed by atoms with Gasteiger partial charge in [0, 0.05) is 10.9 Å². The number of fused-ring (bicyclic) bond motifs is 1. The van der Waals surface area contributed by atoms with Gasteiger partial charge >= 0.3 is 0 Å². The predicted octanol–water partition coefficient (Wildman–Crippen LogP) is 2.56. The van der Waals surface area contributed by atoms with Crippen LogP contribution in [0.3, 0.4) is 0 Å². The van der Waals surface area contributed by atoms with E-state index in [4.69, 9.17) is 4.74 Å². The molecule has 5 heteroatoms. The lowest BCUT2D eigenvalue weighted by atomic mass is 10.1. The summed E-state index contributed by atoms with van der Waals surface area (Å²) < 4.78 is 7.34. The van der Waals surface area contributed by atoms with Crippen LogP contribution in [-0.4, -0.2) is 21.6 Å². The van der Waals surface area contributed by atoms with Crippen molar-refractivity contribution in [3.8, 4) is 17.0 Å². The fourth-order valence-electron chi connectivity index (χ4n) is 2.02. The summed E-state index contributed by atoms with van der Waals surface area (Å²) >= 11 is 1.55. The first-order valence-corrected chi connectivity index (χ1v) is 6.41. The summed E-state index contributed by atoms with van der Waals surface area (Å²) in [4.78, 5) is 5.15. The Bertz CT molecular complexity index is 687. The van der Waals surface area contributed by atoms with Gasteiger partial charge in [0.15, 0.2) is 4.96 Å². The first-order chi connectivity index (χ1) is 8.85. The van der Waals surface area contributed by atoms with Gasteiger partial charge in [-0.1, -0.05) is 12.1 Å². The van der Waals surface area contributed by atoms with Crippen molar-refractivity contribution in [3.05, 3.63) is 41.5 Å². The molecule has 2 aromatic heterocycles. The van der Waals surface area contributed by atoms with Crippen molar-refractivity contribution in [2.45, 2.75) is 6.61 Å². The maximum absolute atomic E-state index is 9.35. The van der Waals surface area contributed by atoms with Crippen LogP contribution in [0.25, 0.3) is 16.2 Å². The second-order valence-corrected chi connectivity index (χ2v) is 4.68. The number of ether oxygens (including phenoxy) is 1. The average Bonchev–Trinajstić information content (AvgIpc) is 2.99. The number of aliphatic hydroxyl groups is 1. The quantitative estimate of drug-likeness (QED) is 0.787. The minimum atomic E-state index is -0.0277. The molecule has 0 radical (unpaired) electrons. The highest BCUT2D eigenvalue weighted by Gasteiger charge is 2.13. The third-order valence-corrected chi connectivity index (χ3v) is 3.70. The van der Waals surface area contributed by atoms with E-state index >= 15 is 0 Å². The first-order valence-electron chi connectivity index (χ1n) is 5.53. The maximum atomic E-state index is 9.35. The minimum absolute atomic E-state index is 0.0277. The summed E-state index contributed by atoms with van der Waals surface area (Å²) in [6.45, 7) is -0.0277. The van der Waals surface area contributed by atoms with Gasteiger partial charge in [0.2, 0.25) is 0 Å². The number of methoxy groups -OCH3 is 1. The molecule has 0 unspecified atom stereocenters. The van der Waals surface area contributed by atoms with Crippen LogP contribution in [0.4, 0.5) is 0 Å². The number of benzene rings is 1. The summed E-state index contributed by atoms with van der Waals surface area (Å²) in [5.41, 5.74) is 2.78. The van der Waals surface area contributed by atoms with Gasteiger partial charge in [-0.15, -0.1) is 11.3 Å². The molecule has 0 spiro atoms. The zero-order valence-electron chi connectivity index (χ0n) is 9.83. The molecule has 0 amide bonds. The highest BCUT2D eigenvalue weighted by atomic mass is 32.1. The van der Waals surface area contributed by atoms with Gasteiger partial charge in [-0.3, -0.25) is 4.40 Å². The largest absolute Gasteiger partial charge is 0.496 e. The molecule has 18 heavy (non-hydrogen) atoms. The lowest BCUT2D eigenvalue weighted by molar-refractivity contribution is 0.276. The van der Waals surface area contributed by atoms with Gasteiger partial charge in [0.25, 0.3) is 0 Å². The standard InChI is InChI=1S/C13H12N2O2S/c1-17-12-5-3-2-4-10(12)11-8-18-13-14-6-9(7-16)15(11)13/h2-6,8,16H,7H2,1H3. The molecule has 3 rings (SSSR count). The number of nitrogens with zero attached hydrogens (tertiary/aromatic N) is 2. The third kappa shape index (κ3) is 1.60. The van der Waals surface area contributed by atoms with Crippen LogP contribution in [0.1, 0.15) is 5.69 Å². The molecule has 0 fully saturated rings. The van der Waals surface area contributed by atoms with Crippen LogP contribution in [0.5, 0.6) is 5.75 Å². The monoisotopic (exact) mass is 260 g/mol. The number of para-hydroxylation sites is 1. The maximum Gasteiger partial charge on any atom is 0.194 e. The highest BCUT2D eigenvalue weighted by Crippen LogP contribution is 2.33. The smallest absolute Gasteiger partial charge is 0.194 e. The Kier molecular flexibility index (Phi) is 2.77. The summed E-state index contributed by atoms with van der Waals surface area (Å²) in [6.07, 6.45) is 1.70. The van der Waals surface area contributed by atoms with E-state index in [1.54, 1.807) is 24.6 Å². The van der Waals surface area contributed by atoms with Crippen LogP contribution >= 0.6 is 11.3 Å². The van der Waals surface area contributed by atoms with E-state index in [0.29, 0.717) is 0 Å². The summed E-state index contributed by atoms with van der Waals surface area (Å²) in [6, 6.07) is 7.83. The third-order valence-electron chi connectivity index (χ3n) is 2.86. The molecule has 3 aromatic rings. The second-order valence-electron chi connectivity index (χ2n) is 3.85. The van der Waals surface area contributed by atoms with Crippen molar-refractivity contribution in [2.24, 2.45) is 0 Å². The molecule has 0 saturated heterocycles. The van der Waals surface area contributed by atoms with Crippen LogP contribution in [0, 0.1) is 0 Å². The van der Waals surface area contributed by atoms with E-state index in [1.807, 2.05) is 34.0 Å². The Labute approximate surface area is 108 Å². The van der Waals surface area contributed by atoms with Crippen LogP contribution < -0.4 is 4.74 Å². The van der Waals surface area contributed by atoms with Crippen LogP contribution in [-0.2, 0) is 6.61 Å². The zero-order valence-corrected chi connectivity index (χ0v) is 10.6. The lowest BCUT2D eigenvalue weighted by Crippen LogP contribution is -1.94. The lowest BCUT2D eigenvalue weighted by Gasteiger charge is -2.08. The van der Waals surface area contributed by atoms with Gasteiger partial charge in [0.1, 0.15) is 5.75 Å². The van der Waals surface area contributed by atoms with Crippen molar-refractivity contribution in [1.82, 2.24) is 9.38 Å². The molecular formula is C13H12N2O2S. The van der Waals surface area contributed by atoms with Gasteiger partial charge in [-0.25, -0.2) is 4.98 Å². The number of hydrogen-bond donors (Lipinski definition) is 1. The zero-order chi connectivity index (χ0) is 12.5. The highest BCUT2D eigenvalue weighted by molar-refractivity contribution is 7.15. The van der Waals surface area contributed by atoms with Gasteiger partial charge in [-0.2, -0.15) is 0 Å². The fraction of sp³-hybridized carbons (Fsp3) is 0.154. The predicted molar refractivity (Wildman–Crippen MR) is 71.0 cm³/mol. The molecule has 2 heterocycles. The minimum Gasteiger partial charge on any atom is -0.496 e. The Hall–Kier alpha value is -1.85. The summed E-state index contributed by atoms with van der Waals surface area (Å²) in [5, 5.41) is 11.4. The Morgan fingerprint density at radius 1 is 1.39 bits per heavy atom. The Morgan fingerprint density at radius 2 is 2.22 bits per heavy atom. The van der Waals surface area contributed by atoms with E-state index < -0.39 is 0 Å². The molecule has 0 saturated carbocycles. The number of thiazole rings is 1. The molecule has 92 valence electrons. The topological polar surface area (TPSA) is 46.8 Å². The van der Waals surface area contributed by atoms with E-state index in [0.717, 1.165) is 27.7 Å². The normalized spacial score (nSPS) is 11.0. The van der Waals surface area contributed by atoms with E-state index in [-0.39, 0.29) is 6.61 Å². The number of rotatable bonds is 3.